The fourth-order valence-electron chi connectivity index (χ4n) is 5.79. The first-order chi connectivity index (χ1) is 18.0. The molecule has 3 aromatic rings. The number of imidazole rings is 1. The van der Waals surface area contributed by atoms with Gasteiger partial charge in [0, 0.05) is 43.0 Å². The Morgan fingerprint density at radius 3 is 2.89 bits per heavy atom. The molecule has 2 atom stereocenters. The van der Waals surface area contributed by atoms with Gasteiger partial charge in [-0.05, 0) is 81.8 Å². The predicted molar refractivity (Wildman–Crippen MR) is 144 cm³/mol. The zero-order valence-electron chi connectivity index (χ0n) is 20.9. The minimum absolute atomic E-state index is 0.0954. The van der Waals surface area contributed by atoms with E-state index < -0.39 is 6.17 Å². The maximum Gasteiger partial charge on any atom is 0.251 e. The van der Waals surface area contributed by atoms with Crippen molar-refractivity contribution in [2.24, 2.45) is 5.92 Å². The maximum atomic E-state index is 15.0. The van der Waals surface area contributed by atoms with E-state index in [-0.39, 0.29) is 17.7 Å². The molecule has 1 amide bonds. The van der Waals surface area contributed by atoms with Gasteiger partial charge in [0.15, 0.2) is 4.96 Å². The zero-order valence-corrected chi connectivity index (χ0v) is 21.7. The van der Waals surface area contributed by atoms with Gasteiger partial charge in [0.2, 0.25) is 0 Å². The molecule has 4 heterocycles. The first kappa shape index (κ1) is 24.7. The van der Waals surface area contributed by atoms with E-state index in [1.807, 2.05) is 34.9 Å². The Kier molecular flexibility index (Phi) is 7.10. The lowest BCUT2D eigenvalue weighted by atomic mass is 9.88. The van der Waals surface area contributed by atoms with Crippen molar-refractivity contribution in [1.82, 2.24) is 24.9 Å². The number of nitrogens with zero attached hydrogens (tertiary/aromatic N) is 3. The highest BCUT2D eigenvalue weighted by Crippen LogP contribution is 2.36. The standard InChI is InChI=1S/C28H33F2N5OS/c29-20-8-13-34(14-9-20)12-2-11-32-27(36)19-5-7-25-26(16-19)37-28-33-24(17-35(25)28)21-6-4-18(15-22(21)30)23-3-1-10-31-23/h5-7,15-18,20,23,31H,1-4,8-14H2,(H,32,36)/t18?,23-/m0/s1. The van der Waals surface area contributed by atoms with E-state index in [2.05, 4.69) is 15.5 Å². The van der Waals surface area contributed by atoms with Crippen LogP contribution in [0.4, 0.5) is 8.78 Å². The molecule has 9 heteroatoms. The summed E-state index contributed by atoms with van der Waals surface area (Å²) in [5.74, 6) is -0.0814. The molecule has 0 saturated carbocycles. The number of carbonyl (C=O) groups is 1. The van der Waals surface area contributed by atoms with Crippen LogP contribution in [-0.4, -0.2) is 65.1 Å². The van der Waals surface area contributed by atoms with Gasteiger partial charge in [0.1, 0.15) is 12.0 Å². The highest BCUT2D eigenvalue weighted by Gasteiger charge is 2.27. The summed E-state index contributed by atoms with van der Waals surface area (Å²) in [6.07, 6.45) is 10.1. The molecular weight excluding hydrogens is 492 g/mol. The van der Waals surface area contributed by atoms with Gasteiger partial charge < -0.3 is 15.5 Å². The Hall–Kier alpha value is -2.62. The molecule has 1 unspecified atom stereocenters. The summed E-state index contributed by atoms with van der Waals surface area (Å²) in [5.41, 5.74) is 2.80. The van der Waals surface area contributed by atoms with E-state index in [0.717, 1.165) is 67.0 Å². The van der Waals surface area contributed by atoms with Crippen molar-refractivity contribution in [3.05, 3.63) is 53.6 Å². The minimum atomic E-state index is -0.660. The maximum absolute atomic E-state index is 15.0. The zero-order chi connectivity index (χ0) is 25.4. The van der Waals surface area contributed by atoms with Gasteiger partial charge in [0.05, 0.1) is 15.9 Å². The molecular formula is C28H33F2N5OS. The number of alkyl halides is 1. The number of carbonyl (C=O) groups excluding carboxylic acids is 1. The quantitative estimate of drug-likeness (QED) is 0.421. The number of amides is 1. The van der Waals surface area contributed by atoms with Crippen molar-refractivity contribution in [3.63, 3.8) is 0 Å². The SMILES string of the molecule is O=C(NCCCN1CCC(F)CC1)c1ccc2c(c1)sc1nc(C3=CCC([C@@H]4CCCN4)C=C3F)cn12. The topological polar surface area (TPSA) is 61.7 Å². The van der Waals surface area contributed by atoms with Crippen LogP contribution in [0.25, 0.3) is 20.8 Å². The number of hydrogen-bond acceptors (Lipinski definition) is 5. The highest BCUT2D eigenvalue weighted by molar-refractivity contribution is 7.23. The molecule has 0 spiro atoms. The van der Waals surface area contributed by atoms with E-state index in [0.29, 0.717) is 42.3 Å². The van der Waals surface area contributed by atoms with E-state index in [9.17, 15) is 9.18 Å². The molecule has 1 aliphatic carbocycles. The van der Waals surface area contributed by atoms with Gasteiger partial charge in [-0.2, -0.15) is 0 Å². The monoisotopic (exact) mass is 525 g/mol. The number of likely N-dealkylation sites (tertiary alicyclic amines) is 1. The van der Waals surface area contributed by atoms with E-state index >= 15 is 4.39 Å². The number of piperidine rings is 1. The van der Waals surface area contributed by atoms with Crippen LogP contribution >= 0.6 is 11.3 Å². The lowest BCUT2D eigenvalue weighted by molar-refractivity contribution is 0.0950. The molecule has 37 heavy (non-hydrogen) atoms. The molecule has 2 fully saturated rings. The van der Waals surface area contributed by atoms with Crippen molar-refractivity contribution < 1.29 is 13.6 Å². The third kappa shape index (κ3) is 5.22. The summed E-state index contributed by atoms with van der Waals surface area (Å²) < 4.78 is 31.3. The van der Waals surface area contributed by atoms with Crippen LogP contribution in [0.2, 0.25) is 0 Å². The Bertz CT molecular complexity index is 1350. The molecule has 2 saturated heterocycles. The normalized spacial score (nSPS) is 23.5. The van der Waals surface area contributed by atoms with Crippen LogP contribution in [-0.2, 0) is 0 Å². The molecule has 1 aromatic carbocycles. The number of rotatable bonds is 7. The van der Waals surface area contributed by atoms with Gasteiger partial charge in [-0.15, -0.1) is 0 Å². The van der Waals surface area contributed by atoms with Crippen molar-refractivity contribution in [3.8, 4) is 0 Å². The number of thiazole rings is 1. The van der Waals surface area contributed by atoms with Crippen LogP contribution in [0.3, 0.4) is 0 Å². The minimum Gasteiger partial charge on any atom is -0.352 e. The fourth-order valence-corrected chi connectivity index (χ4v) is 6.83. The van der Waals surface area contributed by atoms with Gasteiger partial charge in [-0.3, -0.25) is 9.20 Å². The second-order valence-electron chi connectivity index (χ2n) is 10.4. The smallest absolute Gasteiger partial charge is 0.251 e. The molecule has 2 aliphatic heterocycles. The van der Waals surface area contributed by atoms with Crippen molar-refractivity contribution >= 4 is 38.0 Å². The van der Waals surface area contributed by atoms with Gasteiger partial charge in [0.25, 0.3) is 5.91 Å². The summed E-state index contributed by atoms with van der Waals surface area (Å²) in [6, 6.07) is 6.03. The van der Waals surface area contributed by atoms with Gasteiger partial charge in [-0.1, -0.05) is 17.4 Å². The number of aromatic nitrogens is 2. The van der Waals surface area contributed by atoms with E-state index in [1.54, 1.807) is 6.08 Å². The Morgan fingerprint density at radius 2 is 2.11 bits per heavy atom. The van der Waals surface area contributed by atoms with Crippen LogP contribution in [0.1, 0.15) is 54.6 Å². The van der Waals surface area contributed by atoms with Crippen molar-refractivity contribution in [1.29, 1.82) is 0 Å². The summed E-state index contributed by atoms with van der Waals surface area (Å²) >= 11 is 1.50. The number of allylic oxidation sites excluding steroid dienone is 3. The third-order valence-corrected chi connectivity index (χ3v) is 8.93. The van der Waals surface area contributed by atoms with Crippen LogP contribution < -0.4 is 10.6 Å². The molecule has 0 bridgehead atoms. The average molecular weight is 526 g/mol. The van der Waals surface area contributed by atoms with Crippen LogP contribution in [0.15, 0.2) is 42.4 Å². The summed E-state index contributed by atoms with van der Waals surface area (Å²) in [4.78, 5) is 20.5. The Labute approximate surface area is 219 Å². The molecule has 6 rings (SSSR count). The van der Waals surface area contributed by atoms with Crippen LogP contribution in [0, 0.1) is 5.92 Å². The molecule has 6 nitrogen and oxygen atoms in total. The number of halogens is 2. The van der Waals surface area contributed by atoms with E-state index in [4.69, 9.17) is 4.98 Å². The van der Waals surface area contributed by atoms with E-state index in [1.165, 1.54) is 11.3 Å². The van der Waals surface area contributed by atoms with Gasteiger partial charge >= 0.3 is 0 Å². The number of fused-ring (bicyclic) bond motifs is 3. The summed E-state index contributed by atoms with van der Waals surface area (Å²) in [5, 5.41) is 6.48. The first-order valence-corrected chi connectivity index (χ1v) is 14.2. The highest BCUT2D eigenvalue weighted by atomic mass is 32.1. The fraction of sp³-hybridized carbons (Fsp3) is 0.500. The average Bonchev–Trinajstić information content (AvgIpc) is 3.64. The number of nitrogens with one attached hydrogen (secondary N) is 2. The van der Waals surface area contributed by atoms with Crippen molar-refractivity contribution in [2.75, 3.05) is 32.7 Å². The predicted octanol–water partition coefficient (Wildman–Crippen LogP) is 5.11. The third-order valence-electron chi connectivity index (χ3n) is 7.91. The summed E-state index contributed by atoms with van der Waals surface area (Å²) in [6.45, 7) is 4.08. The number of hydrogen-bond donors (Lipinski definition) is 2. The molecule has 0 radical (unpaired) electrons. The number of benzene rings is 1. The second kappa shape index (κ2) is 10.6. The van der Waals surface area contributed by atoms with Gasteiger partial charge in [-0.25, -0.2) is 13.8 Å². The van der Waals surface area contributed by atoms with Crippen molar-refractivity contribution in [2.45, 2.75) is 50.7 Å². The lowest BCUT2D eigenvalue weighted by Gasteiger charge is -2.28. The van der Waals surface area contributed by atoms with Crippen LogP contribution in [0.5, 0.6) is 0 Å². The summed E-state index contributed by atoms with van der Waals surface area (Å²) in [7, 11) is 0. The molecule has 2 N–H and O–H groups in total. The second-order valence-corrected chi connectivity index (χ2v) is 11.4. The molecule has 3 aliphatic rings. The Balaban J connectivity index is 1.09. The molecule has 196 valence electrons. The molecule has 2 aromatic heterocycles. The largest absolute Gasteiger partial charge is 0.352 e. The first-order valence-electron chi connectivity index (χ1n) is 13.4. The lowest BCUT2D eigenvalue weighted by Crippen LogP contribution is -2.36. The Morgan fingerprint density at radius 1 is 1.24 bits per heavy atom.